The van der Waals surface area contributed by atoms with Crippen molar-refractivity contribution < 1.29 is 24.2 Å². The lowest BCUT2D eigenvalue weighted by atomic mass is 10.0. The number of aromatic nitrogens is 2. The third kappa shape index (κ3) is 5.45. The SMILES string of the molecule is CCOC(=O)C(=Cc1cnc(SC)nc1N[C@@H]1CCC[C@@]1(C)O)C(=O)OCC. The quantitative estimate of drug-likeness (QED) is 0.167. The number of hydrogen-bond acceptors (Lipinski definition) is 9. The second kappa shape index (κ2) is 9.88. The van der Waals surface area contributed by atoms with Crippen LogP contribution in [0.4, 0.5) is 5.82 Å². The Morgan fingerprint density at radius 1 is 1.36 bits per heavy atom. The summed E-state index contributed by atoms with van der Waals surface area (Å²) in [5, 5.41) is 14.3. The van der Waals surface area contributed by atoms with E-state index in [0.717, 1.165) is 12.8 Å². The minimum absolute atomic E-state index is 0.132. The van der Waals surface area contributed by atoms with Gasteiger partial charge in [0.25, 0.3) is 0 Å². The molecule has 0 spiro atoms. The molecule has 9 heteroatoms. The van der Waals surface area contributed by atoms with Gasteiger partial charge in [-0.15, -0.1) is 0 Å². The first-order chi connectivity index (χ1) is 13.3. The van der Waals surface area contributed by atoms with Crippen molar-refractivity contribution in [3.8, 4) is 0 Å². The lowest BCUT2D eigenvalue weighted by Crippen LogP contribution is -2.39. The van der Waals surface area contributed by atoms with Gasteiger partial charge in [-0.25, -0.2) is 19.6 Å². The van der Waals surface area contributed by atoms with Gasteiger partial charge >= 0.3 is 11.9 Å². The Morgan fingerprint density at radius 2 is 2.00 bits per heavy atom. The van der Waals surface area contributed by atoms with Crippen LogP contribution >= 0.6 is 11.8 Å². The molecule has 1 aromatic heterocycles. The number of thioether (sulfide) groups is 1. The number of carbonyl (C=O) groups is 2. The zero-order valence-electron chi connectivity index (χ0n) is 16.7. The van der Waals surface area contributed by atoms with E-state index in [1.54, 1.807) is 20.8 Å². The molecule has 8 nitrogen and oxygen atoms in total. The topological polar surface area (TPSA) is 111 Å². The highest BCUT2D eigenvalue weighted by Crippen LogP contribution is 2.33. The molecule has 1 aromatic rings. The molecule has 1 aliphatic carbocycles. The Labute approximate surface area is 169 Å². The summed E-state index contributed by atoms with van der Waals surface area (Å²) in [6.45, 7) is 5.37. The van der Waals surface area contributed by atoms with Crippen molar-refractivity contribution in [2.75, 3.05) is 24.8 Å². The molecule has 28 heavy (non-hydrogen) atoms. The molecule has 0 aromatic carbocycles. The lowest BCUT2D eigenvalue weighted by molar-refractivity contribution is -0.146. The lowest BCUT2D eigenvalue weighted by Gasteiger charge is -2.27. The number of rotatable bonds is 8. The first kappa shape index (κ1) is 22.2. The van der Waals surface area contributed by atoms with Crippen LogP contribution in [0, 0.1) is 0 Å². The van der Waals surface area contributed by atoms with Gasteiger partial charge in [0.1, 0.15) is 11.4 Å². The van der Waals surface area contributed by atoms with E-state index >= 15 is 0 Å². The normalized spacial score (nSPS) is 21.1. The fourth-order valence-electron chi connectivity index (χ4n) is 3.01. The summed E-state index contributed by atoms with van der Waals surface area (Å²) in [4.78, 5) is 33.2. The maximum atomic E-state index is 12.2. The third-order valence-electron chi connectivity index (χ3n) is 4.51. The van der Waals surface area contributed by atoms with Crippen LogP contribution in [0.15, 0.2) is 16.9 Å². The summed E-state index contributed by atoms with van der Waals surface area (Å²) in [5.74, 6) is -1.10. The Hall–Kier alpha value is -2.13. The summed E-state index contributed by atoms with van der Waals surface area (Å²) in [5.41, 5.74) is -0.654. The van der Waals surface area contributed by atoms with E-state index in [4.69, 9.17) is 9.47 Å². The number of anilines is 1. The van der Waals surface area contributed by atoms with Crippen molar-refractivity contribution in [2.45, 2.75) is 56.8 Å². The molecule has 154 valence electrons. The molecule has 0 radical (unpaired) electrons. The largest absolute Gasteiger partial charge is 0.462 e. The zero-order valence-corrected chi connectivity index (χ0v) is 17.5. The fraction of sp³-hybridized carbons (Fsp3) is 0.579. The highest BCUT2D eigenvalue weighted by molar-refractivity contribution is 7.98. The molecule has 0 bridgehead atoms. The first-order valence-corrected chi connectivity index (χ1v) is 10.5. The minimum atomic E-state index is -0.865. The number of aliphatic hydroxyl groups is 1. The molecular weight excluding hydrogens is 382 g/mol. The maximum absolute atomic E-state index is 12.2. The van der Waals surface area contributed by atoms with E-state index < -0.39 is 17.5 Å². The van der Waals surface area contributed by atoms with Crippen molar-refractivity contribution in [2.24, 2.45) is 0 Å². The number of ether oxygens (including phenoxy) is 2. The van der Waals surface area contributed by atoms with Crippen LogP contribution in [-0.4, -0.2) is 58.1 Å². The number of esters is 2. The molecule has 1 saturated carbocycles. The van der Waals surface area contributed by atoms with Gasteiger partial charge < -0.3 is 19.9 Å². The molecule has 0 aliphatic heterocycles. The van der Waals surface area contributed by atoms with E-state index in [-0.39, 0.29) is 24.8 Å². The van der Waals surface area contributed by atoms with Gasteiger partial charge in [-0.1, -0.05) is 11.8 Å². The Bertz CT molecular complexity index is 731. The second-order valence-electron chi connectivity index (χ2n) is 6.61. The molecule has 1 aliphatic rings. The van der Waals surface area contributed by atoms with Gasteiger partial charge in [0.2, 0.25) is 0 Å². The second-order valence-corrected chi connectivity index (χ2v) is 7.38. The summed E-state index contributed by atoms with van der Waals surface area (Å²) in [7, 11) is 0. The van der Waals surface area contributed by atoms with Crippen LogP contribution in [0.2, 0.25) is 0 Å². The van der Waals surface area contributed by atoms with Crippen LogP contribution in [0.25, 0.3) is 6.08 Å². The third-order valence-corrected chi connectivity index (χ3v) is 5.07. The van der Waals surface area contributed by atoms with Crippen LogP contribution in [-0.2, 0) is 19.1 Å². The van der Waals surface area contributed by atoms with Crippen molar-refractivity contribution in [3.05, 3.63) is 17.3 Å². The maximum Gasteiger partial charge on any atom is 0.345 e. The van der Waals surface area contributed by atoms with E-state index in [2.05, 4.69) is 15.3 Å². The van der Waals surface area contributed by atoms with Crippen molar-refractivity contribution in [1.82, 2.24) is 9.97 Å². The smallest absolute Gasteiger partial charge is 0.345 e. The van der Waals surface area contributed by atoms with Gasteiger partial charge in [-0.05, 0) is 52.4 Å². The van der Waals surface area contributed by atoms with Crippen molar-refractivity contribution in [3.63, 3.8) is 0 Å². The van der Waals surface area contributed by atoms with Crippen LogP contribution < -0.4 is 5.32 Å². The van der Waals surface area contributed by atoms with Gasteiger partial charge in [-0.2, -0.15) is 0 Å². The molecule has 0 saturated heterocycles. The molecule has 2 atom stereocenters. The first-order valence-electron chi connectivity index (χ1n) is 9.28. The highest BCUT2D eigenvalue weighted by atomic mass is 32.2. The molecule has 1 heterocycles. The van der Waals surface area contributed by atoms with E-state index in [0.29, 0.717) is 23.0 Å². The summed E-state index contributed by atoms with van der Waals surface area (Å²) >= 11 is 1.37. The van der Waals surface area contributed by atoms with Gasteiger partial charge in [0, 0.05) is 11.8 Å². The van der Waals surface area contributed by atoms with E-state index in [9.17, 15) is 14.7 Å². The zero-order chi connectivity index (χ0) is 20.7. The predicted molar refractivity (Wildman–Crippen MR) is 107 cm³/mol. The van der Waals surface area contributed by atoms with Crippen LogP contribution in [0.5, 0.6) is 0 Å². The number of nitrogens with one attached hydrogen (secondary N) is 1. The Kier molecular flexibility index (Phi) is 7.82. The average Bonchev–Trinajstić information content (AvgIpc) is 2.98. The van der Waals surface area contributed by atoms with E-state index in [1.165, 1.54) is 24.0 Å². The highest BCUT2D eigenvalue weighted by Gasteiger charge is 2.37. The molecule has 1 fully saturated rings. The van der Waals surface area contributed by atoms with Crippen LogP contribution in [0.1, 0.15) is 45.6 Å². The minimum Gasteiger partial charge on any atom is -0.462 e. The fourth-order valence-corrected chi connectivity index (χ4v) is 3.35. The average molecular weight is 410 g/mol. The van der Waals surface area contributed by atoms with Gasteiger partial charge in [0.05, 0.1) is 24.9 Å². The predicted octanol–water partition coefficient (Wildman–Crippen LogP) is 2.42. The monoisotopic (exact) mass is 409 g/mol. The van der Waals surface area contributed by atoms with E-state index in [1.807, 2.05) is 6.26 Å². The Morgan fingerprint density at radius 3 is 2.50 bits per heavy atom. The summed E-state index contributed by atoms with van der Waals surface area (Å²) < 4.78 is 9.96. The number of nitrogens with zero attached hydrogens (tertiary/aromatic N) is 2. The van der Waals surface area contributed by atoms with Crippen LogP contribution in [0.3, 0.4) is 0 Å². The molecule has 2 rings (SSSR count). The summed E-state index contributed by atoms with van der Waals surface area (Å²) in [6.07, 6.45) is 7.12. The summed E-state index contributed by atoms with van der Waals surface area (Å²) in [6, 6.07) is -0.196. The van der Waals surface area contributed by atoms with Crippen molar-refractivity contribution in [1.29, 1.82) is 0 Å². The van der Waals surface area contributed by atoms with Gasteiger partial charge in [-0.3, -0.25) is 0 Å². The molecule has 0 unspecified atom stereocenters. The molecular formula is C19H27N3O5S. The van der Waals surface area contributed by atoms with Gasteiger partial charge in [0.15, 0.2) is 5.16 Å². The Balaban J connectivity index is 2.44. The molecule has 2 N–H and O–H groups in total. The number of hydrogen-bond donors (Lipinski definition) is 2. The van der Waals surface area contributed by atoms with Crippen molar-refractivity contribution >= 4 is 35.6 Å². The number of carbonyl (C=O) groups excluding carboxylic acids is 2. The molecule has 0 amide bonds. The standard InChI is InChI=1S/C19H27N3O5S/c1-5-26-16(23)13(17(24)27-6-2)10-12-11-20-18(28-4)22-15(12)21-14-8-7-9-19(14,3)25/h10-11,14,25H,5-9H2,1-4H3,(H,20,21,22)/t14-,19-/m1/s1.